The second-order valence-electron chi connectivity index (χ2n) is 5.67. The predicted molar refractivity (Wildman–Crippen MR) is 84.8 cm³/mol. The van der Waals surface area contributed by atoms with Crippen molar-refractivity contribution in [3.63, 3.8) is 0 Å². The molecule has 4 atom stereocenters. The van der Waals surface area contributed by atoms with Gasteiger partial charge in [0.15, 0.2) is 11.5 Å². The number of benzene rings is 1. The van der Waals surface area contributed by atoms with Crippen LogP contribution >= 0.6 is 24.0 Å². The lowest BCUT2D eigenvalue weighted by molar-refractivity contribution is -0.0240. The maximum Gasteiger partial charge on any atom is 0.162 e. The Balaban J connectivity index is 0.00000161. The van der Waals surface area contributed by atoms with Gasteiger partial charge in [-0.25, -0.2) is 0 Å². The van der Waals surface area contributed by atoms with E-state index in [0.717, 1.165) is 25.9 Å². The van der Waals surface area contributed by atoms with E-state index in [1.165, 1.54) is 0 Å². The highest BCUT2D eigenvalue weighted by molar-refractivity contribution is 6.30. The normalized spacial score (nSPS) is 31.2. The van der Waals surface area contributed by atoms with Crippen molar-refractivity contribution < 1.29 is 14.6 Å². The van der Waals surface area contributed by atoms with Gasteiger partial charge in [-0.05, 0) is 49.9 Å². The van der Waals surface area contributed by atoms with Gasteiger partial charge in [0.2, 0.25) is 0 Å². The summed E-state index contributed by atoms with van der Waals surface area (Å²) in [4.78, 5) is 0. The SMILES string of the molecule is COc1cc(Cl)ccc1O[C@@H]1C[C@@H]2CNC[C@@H]2C[C@H]1O.Cl. The first-order chi connectivity index (χ1) is 9.67. The summed E-state index contributed by atoms with van der Waals surface area (Å²) >= 11 is 5.95. The molecule has 1 aromatic rings. The number of hydrogen-bond acceptors (Lipinski definition) is 4. The van der Waals surface area contributed by atoms with Crippen LogP contribution in [0.25, 0.3) is 0 Å². The zero-order valence-corrected chi connectivity index (χ0v) is 13.5. The van der Waals surface area contributed by atoms with E-state index in [4.69, 9.17) is 21.1 Å². The summed E-state index contributed by atoms with van der Waals surface area (Å²) in [7, 11) is 1.59. The molecule has 0 unspecified atom stereocenters. The van der Waals surface area contributed by atoms with Crippen molar-refractivity contribution in [2.45, 2.75) is 25.0 Å². The summed E-state index contributed by atoms with van der Waals surface area (Å²) in [5, 5.41) is 14.3. The van der Waals surface area contributed by atoms with Crippen molar-refractivity contribution in [1.82, 2.24) is 5.32 Å². The number of hydrogen-bond donors (Lipinski definition) is 2. The van der Waals surface area contributed by atoms with Gasteiger partial charge < -0.3 is 19.9 Å². The Kier molecular flexibility index (Phi) is 5.60. The lowest BCUT2D eigenvalue weighted by atomic mass is 9.78. The molecule has 1 aromatic carbocycles. The molecule has 1 heterocycles. The second kappa shape index (κ2) is 7.05. The van der Waals surface area contributed by atoms with Gasteiger partial charge in [-0.3, -0.25) is 0 Å². The molecule has 0 bridgehead atoms. The molecule has 3 rings (SSSR count). The third-order valence-electron chi connectivity index (χ3n) is 4.39. The maximum atomic E-state index is 10.3. The Morgan fingerprint density at radius 3 is 2.62 bits per heavy atom. The fourth-order valence-electron chi connectivity index (χ4n) is 3.28. The number of methoxy groups -OCH3 is 1. The minimum atomic E-state index is -0.420. The van der Waals surface area contributed by atoms with E-state index in [-0.39, 0.29) is 18.5 Å². The van der Waals surface area contributed by atoms with Crippen LogP contribution in [0.1, 0.15) is 12.8 Å². The molecule has 1 saturated carbocycles. The van der Waals surface area contributed by atoms with Crippen LogP contribution in [0.2, 0.25) is 5.02 Å². The molecule has 1 aliphatic heterocycles. The Morgan fingerprint density at radius 1 is 1.19 bits per heavy atom. The minimum Gasteiger partial charge on any atom is -0.493 e. The molecule has 0 aromatic heterocycles. The first kappa shape index (κ1) is 16.7. The van der Waals surface area contributed by atoms with Crippen LogP contribution < -0.4 is 14.8 Å². The zero-order valence-electron chi connectivity index (χ0n) is 11.9. The lowest BCUT2D eigenvalue weighted by Gasteiger charge is -2.35. The summed E-state index contributed by atoms with van der Waals surface area (Å²) in [6.07, 6.45) is 1.09. The van der Waals surface area contributed by atoms with Gasteiger partial charge in [0.05, 0.1) is 13.2 Å². The number of nitrogens with one attached hydrogen (secondary N) is 1. The summed E-state index contributed by atoms with van der Waals surface area (Å²) in [6, 6.07) is 5.30. The first-order valence-corrected chi connectivity index (χ1v) is 7.44. The second-order valence-corrected chi connectivity index (χ2v) is 6.11. The van der Waals surface area contributed by atoms with Crippen LogP contribution in [0.3, 0.4) is 0 Å². The van der Waals surface area contributed by atoms with Crippen LogP contribution in [-0.2, 0) is 0 Å². The number of aliphatic hydroxyl groups excluding tert-OH is 1. The summed E-state index contributed by atoms with van der Waals surface area (Å²) in [5.74, 6) is 2.43. The van der Waals surface area contributed by atoms with Crippen molar-refractivity contribution in [3.8, 4) is 11.5 Å². The Morgan fingerprint density at radius 2 is 1.90 bits per heavy atom. The fourth-order valence-corrected chi connectivity index (χ4v) is 3.45. The summed E-state index contributed by atoms with van der Waals surface area (Å²) in [6.45, 7) is 2.04. The van der Waals surface area contributed by atoms with E-state index in [9.17, 15) is 5.11 Å². The van der Waals surface area contributed by atoms with Crippen LogP contribution in [0.15, 0.2) is 18.2 Å². The smallest absolute Gasteiger partial charge is 0.162 e. The van der Waals surface area contributed by atoms with Crippen molar-refractivity contribution in [2.75, 3.05) is 20.2 Å². The van der Waals surface area contributed by atoms with Crippen LogP contribution in [0.4, 0.5) is 0 Å². The molecule has 6 heteroatoms. The Hall–Kier alpha value is -0.680. The highest BCUT2D eigenvalue weighted by atomic mass is 35.5. The molecule has 2 aliphatic rings. The van der Waals surface area contributed by atoms with E-state index >= 15 is 0 Å². The third kappa shape index (κ3) is 3.57. The van der Waals surface area contributed by atoms with E-state index in [0.29, 0.717) is 28.4 Å². The lowest BCUT2D eigenvalue weighted by Crippen LogP contribution is -2.42. The number of ether oxygens (including phenoxy) is 2. The average molecular weight is 334 g/mol. The number of fused-ring (bicyclic) bond motifs is 1. The zero-order chi connectivity index (χ0) is 14.1. The molecule has 2 fully saturated rings. The molecule has 0 spiro atoms. The van der Waals surface area contributed by atoms with Gasteiger partial charge in [0.1, 0.15) is 6.10 Å². The maximum absolute atomic E-state index is 10.3. The van der Waals surface area contributed by atoms with Crippen molar-refractivity contribution in [2.24, 2.45) is 11.8 Å². The summed E-state index contributed by atoms with van der Waals surface area (Å²) in [5.41, 5.74) is 0. The highest BCUT2D eigenvalue weighted by Crippen LogP contribution is 2.37. The van der Waals surface area contributed by atoms with Crippen molar-refractivity contribution in [1.29, 1.82) is 0 Å². The van der Waals surface area contributed by atoms with Crippen molar-refractivity contribution in [3.05, 3.63) is 23.2 Å². The third-order valence-corrected chi connectivity index (χ3v) is 4.63. The van der Waals surface area contributed by atoms with E-state index < -0.39 is 6.10 Å². The monoisotopic (exact) mass is 333 g/mol. The average Bonchev–Trinajstić information content (AvgIpc) is 2.88. The van der Waals surface area contributed by atoms with E-state index in [1.807, 2.05) is 0 Å². The molecule has 0 radical (unpaired) electrons. The molecular weight excluding hydrogens is 313 g/mol. The number of halogens is 2. The van der Waals surface area contributed by atoms with Crippen molar-refractivity contribution >= 4 is 24.0 Å². The molecule has 2 N–H and O–H groups in total. The first-order valence-electron chi connectivity index (χ1n) is 7.06. The molecular formula is C15H21Cl2NO3. The van der Waals surface area contributed by atoms with Gasteiger partial charge in [0.25, 0.3) is 0 Å². The van der Waals surface area contributed by atoms with Crippen LogP contribution in [-0.4, -0.2) is 37.5 Å². The van der Waals surface area contributed by atoms with Crippen LogP contribution in [0.5, 0.6) is 11.5 Å². The molecule has 118 valence electrons. The summed E-state index contributed by atoms with van der Waals surface area (Å²) < 4.78 is 11.3. The van der Waals surface area contributed by atoms with Gasteiger partial charge >= 0.3 is 0 Å². The highest BCUT2D eigenvalue weighted by Gasteiger charge is 2.40. The topological polar surface area (TPSA) is 50.7 Å². The minimum absolute atomic E-state index is 0. The molecule has 1 aliphatic carbocycles. The predicted octanol–water partition coefficient (Wildman–Crippen LogP) is 2.51. The standard InChI is InChI=1S/C15H20ClNO3.ClH/c1-19-15-6-11(16)2-3-13(15)20-14-5-10-8-17-7-9(10)4-12(14)18;/h2-3,6,9-10,12,14,17-18H,4-5,7-8H2,1H3;1H/t9-,10+,12+,14+;/m0./s1. The molecule has 21 heavy (non-hydrogen) atoms. The molecule has 0 amide bonds. The number of aliphatic hydroxyl groups is 1. The van der Waals surface area contributed by atoms with Gasteiger partial charge in [-0.1, -0.05) is 11.6 Å². The van der Waals surface area contributed by atoms with Crippen LogP contribution in [0, 0.1) is 11.8 Å². The Bertz CT molecular complexity index is 486. The number of rotatable bonds is 3. The molecule has 1 saturated heterocycles. The van der Waals surface area contributed by atoms with Gasteiger partial charge in [-0.15, -0.1) is 12.4 Å². The largest absolute Gasteiger partial charge is 0.493 e. The van der Waals surface area contributed by atoms with Gasteiger partial charge in [-0.2, -0.15) is 0 Å². The fraction of sp³-hybridized carbons (Fsp3) is 0.600. The quantitative estimate of drug-likeness (QED) is 0.892. The van der Waals surface area contributed by atoms with E-state index in [2.05, 4.69) is 5.32 Å². The van der Waals surface area contributed by atoms with Gasteiger partial charge in [0, 0.05) is 11.1 Å². The van der Waals surface area contributed by atoms with E-state index in [1.54, 1.807) is 25.3 Å². The molecule has 4 nitrogen and oxygen atoms in total. The Labute approximate surface area is 136 Å².